The Balaban J connectivity index is 0.00000289. The summed E-state index contributed by atoms with van der Waals surface area (Å²) >= 11 is 0. The monoisotopic (exact) mass is 493 g/mol. The number of hydrogen-bond donors (Lipinski definition) is 2. The second-order valence-corrected chi connectivity index (χ2v) is 9.15. The van der Waals surface area contributed by atoms with Gasteiger partial charge in [-0.05, 0) is 31.2 Å². The van der Waals surface area contributed by atoms with Crippen LogP contribution in [-0.2, 0) is 10.1 Å². The van der Waals surface area contributed by atoms with Crippen molar-refractivity contribution >= 4 is 78.4 Å². The van der Waals surface area contributed by atoms with E-state index in [0.717, 1.165) is 27.9 Å². The third kappa shape index (κ3) is 4.95. The average molecular weight is 494 g/mol. The standard InChI is InChI=1S/C25H19N5O3S.Na.H/c1-15-9-10-16-5-4-8-20(25(16)28-15)21-12-11-17(14-27-21)29-30-22-13-23(34(31,32)33)18-6-2-3-7-19(18)24(22)26;;/h2-14H,26H2,1H3,(H,31,32,33);;. The maximum atomic E-state index is 11.9. The Morgan fingerprint density at radius 2 is 1.69 bits per heavy atom. The molecule has 10 heteroatoms. The first-order valence-electron chi connectivity index (χ1n) is 10.3. The molecule has 0 saturated heterocycles. The van der Waals surface area contributed by atoms with Gasteiger partial charge < -0.3 is 5.73 Å². The molecule has 0 radical (unpaired) electrons. The number of nitrogen functional groups attached to an aromatic ring is 1. The van der Waals surface area contributed by atoms with Crippen LogP contribution in [0, 0.1) is 6.92 Å². The third-order valence-electron chi connectivity index (χ3n) is 5.46. The topological polar surface area (TPSA) is 131 Å². The fourth-order valence-corrected chi connectivity index (χ4v) is 4.53. The van der Waals surface area contributed by atoms with Gasteiger partial charge in [-0.15, -0.1) is 10.2 Å². The molecule has 0 aliphatic carbocycles. The van der Waals surface area contributed by atoms with Gasteiger partial charge in [0.2, 0.25) is 0 Å². The molecule has 2 heterocycles. The molecule has 5 aromatic rings. The van der Waals surface area contributed by atoms with Crippen molar-refractivity contribution in [2.24, 2.45) is 10.2 Å². The van der Waals surface area contributed by atoms with E-state index in [1.807, 2.05) is 43.3 Å². The van der Waals surface area contributed by atoms with Gasteiger partial charge in [0.15, 0.2) is 0 Å². The molecule has 0 fully saturated rings. The Hall–Kier alpha value is -3.21. The molecule has 170 valence electrons. The van der Waals surface area contributed by atoms with Crippen LogP contribution >= 0.6 is 0 Å². The van der Waals surface area contributed by atoms with E-state index in [4.69, 9.17) is 5.73 Å². The Labute approximate surface area is 224 Å². The van der Waals surface area contributed by atoms with Crippen LogP contribution in [0.2, 0.25) is 0 Å². The van der Waals surface area contributed by atoms with Crippen molar-refractivity contribution < 1.29 is 13.0 Å². The van der Waals surface area contributed by atoms with Gasteiger partial charge in [-0.3, -0.25) is 14.5 Å². The summed E-state index contributed by atoms with van der Waals surface area (Å²) in [5, 5.41) is 10.1. The molecule has 0 unspecified atom stereocenters. The Morgan fingerprint density at radius 3 is 2.40 bits per heavy atom. The van der Waals surface area contributed by atoms with Crippen molar-refractivity contribution in [3.8, 4) is 11.3 Å². The second-order valence-electron chi connectivity index (χ2n) is 7.76. The molecule has 0 bridgehead atoms. The van der Waals surface area contributed by atoms with Gasteiger partial charge in [-0.25, -0.2) is 0 Å². The first kappa shape index (κ1) is 24.9. The summed E-state index contributed by atoms with van der Waals surface area (Å²) in [7, 11) is -4.48. The number of pyridine rings is 2. The molecule has 0 spiro atoms. The number of aryl methyl sites for hydroxylation is 1. The average Bonchev–Trinajstić information content (AvgIpc) is 2.83. The van der Waals surface area contributed by atoms with Crippen molar-refractivity contribution in [1.29, 1.82) is 0 Å². The van der Waals surface area contributed by atoms with Gasteiger partial charge in [0.05, 0.1) is 23.1 Å². The van der Waals surface area contributed by atoms with Crippen molar-refractivity contribution in [2.45, 2.75) is 11.8 Å². The van der Waals surface area contributed by atoms with Gasteiger partial charge in [-0.1, -0.05) is 48.5 Å². The van der Waals surface area contributed by atoms with E-state index in [1.54, 1.807) is 36.5 Å². The summed E-state index contributed by atoms with van der Waals surface area (Å²) in [6, 6.07) is 21.3. The van der Waals surface area contributed by atoms with Crippen molar-refractivity contribution in [3.63, 3.8) is 0 Å². The quantitative estimate of drug-likeness (QED) is 0.150. The van der Waals surface area contributed by atoms with Crippen LogP contribution < -0.4 is 5.73 Å². The molecule has 0 saturated carbocycles. The molecule has 2 aromatic heterocycles. The zero-order valence-corrected chi connectivity index (χ0v) is 18.9. The van der Waals surface area contributed by atoms with Gasteiger partial charge in [-0.2, -0.15) is 8.42 Å². The molecule has 3 aromatic carbocycles. The van der Waals surface area contributed by atoms with E-state index in [0.29, 0.717) is 16.5 Å². The van der Waals surface area contributed by atoms with Crippen LogP contribution in [0.1, 0.15) is 5.69 Å². The zero-order valence-electron chi connectivity index (χ0n) is 18.0. The number of anilines is 1. The van der Waals surface area contributed by atoms with Gasteiger partial charge in [0.25, 0.3) is 10.1 Å². The summed E-state index contributed by atoms with van der Waals surface area (Å²) in [5.74, 6) is 0. The molecular formula is C25H20N5NaO3S. The van der Waals surface area contributed by atoms with Crippen LogP contribution in [0.4, 0.5) is 17.1 Å². The SMILES string of the molecule is Cc1ccc2cccc(-c3ccc(N=Nc4cc(S(=O)(=O)O)c5ccccc5c4N)cn3)c2n1.[NaH]. The first-order valence-corrected chi connectivity index (χ1v) is 11.8. The van der Waals surface area contributed by atoms with E-state index in [9.17, 15) is 13.0 Å². The molecule has 3 N–H and O–H groups in total. The van der Waals surface area contributed by atoms with E-state index in [1.165, 1.54) is 6.07 Å². The maximum absolute atomic E-state index is 11.9. The summed E-state index contributed by atoms with van der Waals surface area (Å²) < 4.78 is 33.5. The summed E-state index contributed by atoms with van der Waals surface area (Å²) in [4.78, 5) is 8.88. The normalized spacial score (nSPS) is 11.7. The number of rotatable bonds is 4. The third-order valence-corrected chi connectivity index (χ3v) is 6.35. The van der Waals surface area contributed by atoms with Crippen LogP contribution in [0.3, 0.4) is 0 Å². The van der Waals surface area contributed by atoms with E-state index >= 15 is 0 Å². The van der Waals surface area contributed by atoms with Gasteiger partial charge >= 0.3 is 29.6 Å². The molecular weight excluding hydrogens is 473 g/mol. The zero-order chi connectivity index (χ0) is 23.9. The van der Waals surface area contributed by atoms with Crippen LogP contribution in [0.15, 0.2) is 94.1 Å². The molecule has 5 rings (SSSR count). The number of hydrogen-bond acceptors (Lipinski definition) is 7. The second kappa shape index (κ2) is 9.80. The van der Waals surface area contributed by atoms with E-state index in [2.05, 4.69) is 20.2 Å². The van der Waals surface area contributed by atoms with Gasteiger partial charge in [0.1, 0.15) is 16.3 Å². The predicted octanol–water partition coefficient (Wildman–Crippen LogP) is 5.35. The minimum absolute atomic E-state index is 0. The molecule has 0 amide bonds. The van der Waals surface area contributed by atoms with Crippen LogP contribution in [0.5, 0.6) is 0 Å². The number of azo groups is 1. The van der Waals surface area contributed by atoms with Crippen molar-refractivity contribution in [1.82, 2.24) is 9.97 Å². The van der Waals surface area contributed by atoms with E-state index in [-0.39, 0.29) is 45.8 Å². The number of fused-ring (bicyclic) bond motifs is 2. The number of nitrogens with zero attached hydrogens (tertiary/aromatic N) is 4. The molecule has 8 nitrogen and oxygen atoms in total. The molecule has 35 heavy (non-hydrogen) atoms. The predicted molar refractivity (Wildman–Crippen MR) is 139 cm³/mol. The first-order chi connectivity index (χ1) is 16.3. The number of nitrogens with two attached hydrogens (primary N) is 1. The fourth-order valence-electron chi connectivity index (χ4n) is 3.81. The van der Waals surface area contributed by atoms with Crippen LogP contribution in [-0.4, -0.2) is 52.5 Å². The van der Waals surface area contributed by atoms with E-state index < -0.39 is 10.1 Å². The van der Waals surface area contributed by atoms with Crippen LogP contribution in [0.25, 0.3) is 32.9 Å². The summed E-state index contributed by atoms with van der Waals surface area (Å²) in [5.41, 5.74) is 10.5. The van der Waals surface area contributed by atoms with Gasteiger partial charge in [0, 0.05) is 27.4 Å². The van der Waals surface area contributed by atoms with Crippen molar-refractivity contribution in [3.05, 3.63) is 84.7 Å². The Bertz CT molecular complexity index is 1700. The Morgan fingerprint density at radius 1 is 0.914 bits per heavy atom. The molecule has 0 atom stereocenters. The summed E-state index contributed by atoms with van der Waals surface area (Å²) in [6.45, 7) is 1.94. The number of benzene rings is 3. The number of para-hydroxylation sites is 1. The fraction of sp³-hybridized carbons (Fsp3) is 0.0400. The summed E-state index contributed by atoms with van der Waals surface area (Å²) in [6.07, 6.45) is 1.56. The van der Waals surface area contributed by atoms with Crippen molar-refractivity contribution in [2.75, 3.05) is 5.73 Å². The number of aromatic nitrogens is 2. The minimum atomic E-state index is -4.48. The molecule has 0 aliphatic rings. The molecule has 0 aliphatic heterocycles. The Kier molecular flexibility index (Phi) is 6.98.